The molecule has 0 aliphatic carbocycles. The van der Waals surface area contributed by atoms with E-state index in [1.807, 2.05) is 13.0 Å². The van der Waals surface area contributed by atoms with Gasteiger partial charge in [0.25, 0.3) is 5.56 Å². The van der Waals surface area contributed by atoms with Crippen LogP contribution in [0.25, 0.3) is 11.3 Å². The van der Waals surface area contributed by atoms with Crippen LogP contribution in [0.4, 0.5) is 0 Å². The number of pyridine rings is 1. The number of aromatic nitrogens is 4. The number of hydrogen-bond donors (Lipinski definition) is 1. The molecule has 0 bridgehead atoms. The van der Waals surface area contributed by atoms with Gasteiger partial charge in [-0.1, -0.05) is 16.8 Å². The van der Waals surface area contributed by atoms with Crippen molar-refractivity contribution in [2.24, 2.45) is 0 Å². The molecular weight excluding hydrogens is 354 g/mol. The molecule has 1 N–H and O–H groups in total. The fraction of sp³-hybridized carbons (Fsp3) is 0.333. The third-order valence-corrected chi connectivity index (χ3v) is 4.87. The SMILES string of the molecule is Cc1onc(-c2ccc(Cl)nc2)c1Cn1ncc(C2CCCN2)cc1=O. The molecule has 0 saturated carbocycles. The van der Waals surface area contributed by atoms with Crippen LogP contribution in [-0.2, 0) is 6.54 Å². The van der Waals surface area contributed by atoms with Gasteiger partial charge < -0.3 is 9.84 Å². The zero-order chi connectivity index (χ0) is 18.1. The Morgan fingerprint density at radius 2 is 2.27 bits per heavy atom. The second-order valence-corrected chi connectivity index (χ2v) is 6.76. The highest BCUT2D eigenvalue weighted by Gasteiger charge is 2.19. The maximum absolute atomic E-state index is 12.5. The molecule has 4 rings (SSSR count). The zero-order valence-corrected chi connectivity index (χ0v) is 15.0. The van der Waals surface area contributed by atoms with Crippen molar-refractivity contribution in [1.29, 1.82) is 0 Å². The summed E-state index contributed by atoms with van der Waals surface area (Å²) in [6, 6.07) is 5.39. The van der Waals surface area contributed by atoms with E-state index >= 15 is 0 Å². The van der Waals surface area contributed by atoms with Crippen LogP contribution in [0.2, 0.25) is 5.15 Å². The van der Waals surface area contributed by atoms with E-state index in [1.54, 1.807) is 24.5 Å². The summed E-state index contributed by atoms with van der Waals surface area (Å²) in [5, 5.41) is 12.2. The lowest BCUT2D eigenvalue weighted by molar-refractivity contribution is 0.397. The summed E-state index contributed by atoms with van der Waals surface area (Å²) in [5.41, 5.74) is 3.02. The number of nitrogens with one attached hydrogen (secondary N) is 1. The van der Waals surface area contributed by atoms with Gasteiger partial charge in [-0.3, -0.25) is 4.79 Å². The van der Waals surface area contributed by atoms with Crippen LogP contribution >= 0.6 is 11.6 Å². The summed E-state index contributed by atoms with van der Waals surface area (Å²) in [7, 11) is 0. The molecule has 1 saturated heterocycles. The largest absolute Gasteiger partial charge is 0.361 e. The van der Waals surface area contributed by atoms with Crippen molar-refractivity contribution in [3.8, 4) is 11.3 Å². The fourth-order valence-corrected chi connectivity index (χ4v) is 3.31. The van der Waals surface area contributed by atoms with Gasteiger partial charge in [-0.2, -0.15) is 5.10 Å². The topological polar surface area (TPSA) is 85.8 Å². The molecule has 0 radical (unpaired) electrons. The van der Waals surface area contributed by atoms with Crippen LogP contribution in [0.3, 0.4) is 0 Å². The molecule has 1 aliphatic heterocycles. The monoisotopic (exact) mass is 371 g/mol. The fourth-order valence-electron chi connectivity index (χ4n) is 3.20. The number of aryl methyl sites for hydroxylation is 1. The third kappa shape index (κ3) is 3.27. The lowest BCUT2D eigenvalue weighted by Gasteiger charge is -2.11. The highest BCUT2D eigenvalue weighted by Crippen LogP contribution is 2.26. The van der Waals surface area contributed by atoms with Gasteiger partial charge in [-0.15, -0.1) is 0 Å². The maximum Gasteiger partial charge on any atom is 0.267 e. The third-order valence-electron chi connectivity index (χ3n) is 4.65. The van der Waals surface area contributed by atoms with Gasteiger partial charge in [-0.25, -0.2) is 9.67 Å². The average Bonchev–Trinajstić information content (AvgIpc) is 3.29. The normalized spacial score (nSPS) is 16.9. The van der Waals surface area contributed by atoms with Crippen molar-refractivity contribution in [2.75, 3.05) is 6.54 Å². The first-order valence-corrected chi connectivity index (χ1v) is 8.87. The summed E-state index contributed by atoms with van der Waals surface area (Å²) in [6.45, 7) is 3.08. The molecular formula is C18H18ClN5O2. The van der Waals surface area contributed by atoms with Gasteiger partial charge in [0.2, 0.25) is 0 Å². The van der Waals surface area contributed by atoms with Crippen LogP contribution in [0, 0.1) is 6.92 Å². The summed E-state index contributed by atoms with van der Waals surface area (Å²) >= 11 is 5.85. The molecule has 26 heavy (non-hydrogen) atoms. The molecule has 0 aromatic carbocycles. The lowest BCUT2D eigenvalue weighted by atomic mass is 10.1. The second-order valence-electron chi connectivity index (χ2n) is 6.37. The molecule has 134 valence electrons. The predicted molar refractivity (Wildman–Crippen MR) is 97.1 cm³/mol. The summed E-state index contributed by atoms with van der Waals surface area (Å²) < 4.78 is 6.75. The highest BCUT2D eigenvalue weighted by molar-refractivity contribution is 6.29. The number of rotatable bonds is 4. The van der Waals surface area contributed by atoms with Gasteiger partial charge in [0, 0.05) is 29.4 Å². The van der Waals surface area contributed by atoms with Crippen molar-refractivity contribution in [3.63, 3.8) is 0 Å². The molecule has 4 heterocycles. The molecule has 3 aromatic rings. The van der Waals surface area contributed by atoms with E-state index < -0.39 is 0 Å². The Hall–Kier alpha value is -2.51. The van der Waals surface area contributed by atoms with Crippen molar-refractivity contribution >= 4 is 11.6 Å². The van der Waals surface area contributed by atoms with E-state index in [0.29, 0.717) is 16.6 Å². The van der Waals surface area contributed by atoms with E-state index in [9.17, 15) is 4.79 Å². The Bertz CT molecular complexity index is 974. The van der Waals surface area contributed by atoms with Crippen LogP contribution in [0.1, 0.15) is 35.8 Å². The predicted octanol–water partition coefficient (Wildman–Crippen LogP) is 2.73. The molecule has 0 spiro atoms. The van der Waals surface area contributed by atoms with E-state index in [4.69, 9.17) is 16.1 Å². The van der Waals surface area contributed by atoms with E-state index in [2.05, 4.69) is 20.6 Å². The van der Waals surface area contributed by atoms with Crippen molar-refractivity contribution in [1.82, 2.24) is 25.2 Å². The smallest absolute Gasteiger partial charge is 0.267 e. The van der Waals surface area contributed by atoms with Gasteiger partial charge in [-0.05, 0) is 44.0 Å². The number of nitrogens with zero attached hydrogens (tertiary/aromatic N) is 4. The molecule has 3 aromatic heterocycles. The molecule has 1 aliphatic rings. The minimum atomic E-state index is -0.142. The minimum Gasteiger partial charge on any atom is -0.361 e. The molecule has 8 heteroatoms. The molecule has 7 nitrogen and oxygen atoms in total. The van der Waals surface area contributed by atoms with Gasteiger partial charge in [0.15, 0.2) is 0 Å². The minimum absolute atomic E-state index is 0.142. The first-order chi connectivity index (χ1) is 12.6. The molecule has 1 fully saturated rings. The van der Waals surface area contributed by atoms with Crippen LogP contribution < -0.4 is 10.9 Å². The number of halogens is 1. The first kappa shape index (κ1) is 16.9. The summed E-state index contributed by atoms with van der Waals surface area (Å²) in [4.78, 5) is 16.6. The van der Waals surface area contributed by atoms with Crippen LogP contribution in [-0.4, -0.2) is 26.5 Å². The van der Waals surface area contributed by atoms with E-state index in [0.717, 1.165) is 36.1 Å². The average molecular weight is 372 g/mol. The van der Waals surface area contributed by atoms with Gasteiger partial charge >= 0.3 is 0 Å². The molecule has 0 amide bonds. The van der Waals surface area contributed by atoms with E-state index in [1.165, 1.54) is 4.68 Å². The Morgan fingerprint density at radius 3 is 2.96 bits per heavy atom. The molecule has 1 atom stereocenters. The zero-order valence-electron chi connectivity index (χ0n) is 14.3. The van der Waals surface area contributed by atoms with Crippen molar-refractivity contribution < 1.29 is 4.52 Å². The molecule has 1 unspecified atom stereocenters. The second kappa shape index (κ2) is 7.01. The summed E-state index contributed by atoms with van der Waals surface area (Å²) in [5.74, 6) is 0.644. The van der Waals surface area contributed by atoms with Gasteiger partial charge in [0.05, 0.1) is 12.7 Å². The number of hydrogen-bond acceptors (Lipinski definition) is 6. The van der Waals surface area contributed by atoms with E-state index in [-0.39, 0.29) is 18.1 Å². The Labute approximate surface area is 155 Å². The quantitative estimate of drug-likeness (QED) is 0.710. The van der Waals surface area contributed by atoms with Gasteiger partial charge in [0.1, 0.15) is 16.6 Å². The highest BCUT2D eigenvalue weighted by atomic mass is 35.5. The van der Waals surface area contributed by atoms with Crippen LogP contribution in [0.15, 0.2) is 39.9 Å². The Kier molecular flexibility index (Phi) is 4.57. The Morgan fingerprint density at radius 1 is 1.38 bits per heavy atom. The summed E-state index contributed by atoms with van der Waals surface area (Å²) in [6.07, 6.45) is 5.54. The van der Waals surface area contributed by atoms with Crippen LogP contribution in [0.5, 0.6) is 0 Å². The first-order valence-electron chi connectivity index (χ1n) is 8.49. The maximum atomic E-state index is 12.5. The Balaban J connectivity index is 1.64. The van der Waals surface area contributed by atoms with Crippen molar-refractivity contribution in [3.05, 3.63) is 63.0 Å². The van der Waals surface area contributed by atoms with Crippen molar-refractivity contribution in [2.45, 2.75) is 32.4 Å². The standard InChI is InChI=1S/C18H18ClN5O2/c1-11-14(18(23-26-11)12-4-5-16(19)21-8-12)10-24-17(25)7-13(9-22-24)15-3-2-6-20-15/h4-5,7-9,15,20H,2-3,6,10H2,1H3. The lowest BCUT2D eigenvalue weighted by Crippen LogP contribution is -2.25.